The fourth-order valence-corrected chi connectivity index (χ4v) is 4.31. The van der Waals surface area contributed by atoms with Gasteiger partial charge in [0, 0.05) is 18.5 Å². The second-order valence-electron chi connectivity index (χ2n) is 14.4. The molecule has 0 bridgehead atoms. The number of nitrogens with one attached hydrogen (secondary N) is 4. The Morgan fingerprint density at radius 2 is 1.43 bits per heavy atom. The van der Waals surface area contributed by atoms with Crippen LogP contribution >= 0.6 is 0 Å². The molecule has 0 aliphatic carbocycles. The summed E-state index contributed by atoms with van der Waals surface area (Å²) in [4.78, 5) is 51.7. The van der Waals surface area contributed by atoms with Crippen molar-refractivity contribution in [3.05, 3.63) is 35.9 Å². The number of rotatable bonds is 12. The van der Waals surface area contributed by atoms with Crippen molar-refractivity contribution in [2.75, 3.05) is 6.54 Å². The van der Waals surface area contributed by atoms with Crippen LogP contribution < -0.4 is 21.3 Å². The smallest absolute Gasteiger partial charge is 0.408 e. The standard InChI is InChI=1S/C32H54N4O6/c1-20(2)26(35-29(41)42-32(9,10)11)28(40)34-23(17-21-15-13-12-14-16-21)24(37)19-33-27(39)22(30(3,4)5)18-25(38)36-31(6,7)8/h12-16,20,22-24,26,37H,17-19H2,1-11H3,(H,33,39)(H,34,40)(H,35,41)(H,36,38)/t22-,23-,24+,26-/m0/s1. The van der Waals surface area contributed by atoms with Crippen LogP contribution in [0.5, 0.6) is 0 Å². The summed E-state index contributed by atoms with van der Waals surface area (Å²) < 4.78 is 5.33. The van der Waals surface area contributed by atoms with Crippen LogP contribution in [0.1, 0.15) is 88.1 Å². The van der Waals surface area contributed by atoms with Gasteiger partial charge in [0.2, 0.25) is 17.7 Å². The highest BCUT2D eigenvalue weighted by molar-refractivity contribution is 5.87. The molecule has 0 aliphatic heterocycles. The van der Waals surface area contributed by atoms with E-state index in [1.807, 2.05) is 71.9 Å². The molecule has 4 atom stereocenters. The molecule has 238 valence electrons. The van der Waals surface area contributed by atoms with Gasteiger partial charge in [-0.3, -0.25) is 14.4 Å². The summed E-state index contributed by atoms with van der Waals surface area (Å²) in [5.41, 5.74) is -0.799. The van der Waals surface area contributed by atoms with Crippen LogP contribution in [-0.4, -0.2) is 64.8 Å². The third-order valence-electron chi connectivity index (χ3n) is 6.46. The molecule has 10 nitrogen and oxygen atoms in total. The minimum absolute atomic E-state index is 0.000713. The topological polar surface area (TPSA) is 146 Å². The van der Waals surface area contributed by atoms with E-state index in [1.54, 1.807) is 34.6 Å². The van der Waals surface area contributed by atoms with Gasteiger partial charge < -0.3 is 31.1 Å². The Balaban J connectivity index is 3.08. The van der Waals surface area contributed by atoms with Crippen LogP contribution in [0.25, 0.3) is 0 Å². The van der Waals surface area contributed by atoms with Crippen molar-refractivity contribution >= 4 is 23.8 Å². The van der Waals surface area contributed by atoms with Gasteiger partial charge in [-0.25, -0.2) is 4.79 Å². The van der Waals surface area contributed by atoms with E-state index in [-0.39, 0.29) is 37.1 Å². The second-order valence-corrected chi connectivity index (χ2v) is 14.4. The number of aliphatic hydroxyl groups excluding tert-OH is 1. The summed E-state index contributed by atoms with van der Waals surface area (Å²) in [5, 5.41) is 22.4. The Hall–Kier alpha value is -3.14. The Morgan fingerprint density at radius 3 is 1.90 bits per heavy atom. The molecule has 0 spiro atoms. The third-order valence-corrected chi connectivity index (χ3v) is 6.46. The number of carbonyl (C=O) groups excluding carboxylic acids is 4. The molecule has 4 amide bonds. The summed E-state index contributed by atoms with van der Waals surface area (Å²) in [6.45, 7) is 20.0. The highest BCUT2D eigenvalue weighted by Crippen LogP contribution is 2.29. The van der Waals surface area contributed by atoms with Gasteiger partial charge in [0.15, 0.2) is 0 Å². The van der Waals surface area contributed by atoms with Crippen molar-refractivity contribution in [3.63, 3.8) is 0 Å². The maximum absolute atomic E-state index is 13.4. The molecule has 1 aromatic rings. The van der Waals surface area contributed by atoms with Crippen molar-refractivity contribution in [1.82, 2.24) is 21.3 Å². The van der Waals surface area contributed by atoms with Crippen LogP contribution in [-0.2, 0) is 25.5 Å². The number of amides is 4. The second kappa shape index (κ2) is 15.4. The predicted molar refractivity (Wildman–Crippen MR) is 165 cm³/mol. The SMILES string of the molecule is CC(C)[C@H](NC(=O)OC(C)(C)C)C(=O)N[C@@H](Cc1ccccc1)[C@H](O)CNC(=O)[C@H](CC(=O)NC(C)(C)C)C(C)(C)C. The van der Waals surface area contributed by atoms with Gasteiger partial charge in [-0.05, 0) is 64.9 Å². The third kappa shape index (κ3) is 14.2. The lowest BCUT2D eigenvalue weighted by Gasteiger charge is -2.32. The van der Waals surface area contributed by atoms with E-state index in [4.69, 9.17) is 4.74 Å². The van der Waals surface area contributed by atoms with Gasteiger partial charge >= 0.3 is 6.09 Å². The Kier molecular flexibility index (Phi) is 13.5. The maximum Gasteiger partial charge on any atom is 0.408 e. The Labute approximate surface area is 252 Å². The lowest BCUT2D eigenvalue weighted by Crippen LogP contribution is -2.57. The summed E-state index contributed by atoms with van der Waals surface area (Å²) in [6, 6.07) is 7.67. The number of alkyl carbamates (subject to hydrolysis) is 1. The zero-order valence-electron chi connectivity index (χ0n) is 27.4. The molecule has 0 radical (unpaired) electrons. The van der Waals surface area contributed by atoms with E-state index >= 15 is 0 Å². The van der Waals surface area contributed by atoms with Gasteiger partial charge in [0.25, 0.3) is 0 Å². The lowest BCUT2D eigenvalue weighted by atomic mass is 9.77. The van der Waals surface area contributed by atoms with Gasteiger partial charge in [-0.2, -0.15) is 0 Å². The van der Waals surface area contributed by atoms with Crippen LogP contribution in [0, 0.1) is 17.3 Å². The van der Waals surface area contributed by atoms with E-state index < -0.39 is 52.7 Å². The van der Waals surface area contributed by atoms with Crippen molar-refractivity contribution < 1.29 is 29.0 Å². The molecule has 5 N–H and O–H groups in total. The van der Waals surface area contributed by atoms with E-state index in [1.165, 1.54) is 0 Å². The van der Waals surface area contributed by atoms with Crippen molar-refractivity contribution in [2.45, 2.75) is 118 Å². The molecule has 0 saturated carbocycles. The van der Waals surface area contributed by atoms with Crippen molar-refractivity contribution in [3.8, 4) is 0 Å². The van der Waals surface area contributed by atoms with E-state index in [0.29, 0.717) is 0 Å². The largest absolute Gasteiger partial charge is 0.444 e. The van der Waals surface area contributed by atoms with E-state index in [2.05, 4.69) is 21.3 Å². The molecule has 0 aliphatic rings. The molecule has 0 unspecified atom stereocenters. The number of benzene rings is 1. The number of hydrogen-bond acceptors (Lipinski definition) is 6. The quantitative estimate of drug-likeness (QED) is 0.251. The maximum atomic E-state index is 13.4. The van der Waals surface area contributed by atoms with Crippen LogP contribution in [0.3, 0.4) is 0 Å². The van der Waals surface area contributed by atoms with Crippen LogP contribution in [0.15, 0.2) is 30.3 Å². The molecule has 1 aromatic carbocycles. The van der Waals surface area contributed by atoms with Crippen molar-refractivity contribution in [1.29, 1.82) is 0 Å². The Morgan fingerprint density at radius 1 is 0.857 bits per heavy atom. The molecular weight excluding hydrogens is 536 g/mol. The molecule has 0 aromatic heterocycles. The van der Waals surface area contributed by atoms with E-state index in [9.17, 15) is 24.3 Å². The fraction of sp³-hybridized carbons (Fsp3) is 0.688. The molecule has 1 rings (SSSR count). The zero-order valence-corrected chi connectivity index (χ0v) is 27.4. The number of ether oxygens (including phenoxy) is 1. The summed E-state index contributed by atoms with van der Waals surface area (Å²) >= 11 is 0. The average Bonchev–Trinajstić information content (AvgIpc) is 2.81. The molecule has 10 heteroatoms. The summed E-state index contributed by atoms with van der Waals surface area (Å²) in [6.07, 6.45) is -1.58. The molecular formula is C32H54N4O6. The van der Waals surface area contributed by atoms with Crippen LogP contribution in [0.4, 0.5) is 4.79 Å². The summed E-state index contributed by atoms with van der Waals surface area (Å²) in [5.74, 6) is -1.98. The van der Waals surface area contributed by atoms with Crippen molar-refractivity contribution in [2.24, 2.45) is 17.3 Å². The summed E-state index contributed by atoms with van der Waals surface area (Å²) in [7, 11) is 0. The molecule has 0 heterocycles. The van der Waals surface area contributed by atoms with Gasteiger partial charge in [0.05, 0.1) is 18.1 Å². The fourth-order valence-electron chi connectivity index (χ4n) is 4.31. The first-order valence-electron chi connectivity index (χ1n) is 14.7. The minimum atomic E-state index is -1.16. The van der Waals surface area contributed by atoms with E-state index in [0.717, 1.165) is 5.56 Å². The first-order chi connectivity index (χ1) is 19.1. The highest BCUT2D eigenvalue weighted by atomic mass is 16.6. The minimum Gasteiger partial charge on any atom is -0.444 e. The molecule has 0 fully saturated rings. The number of hydrogen-bond donors (Lipinski definition) is 5. The Bertz CT molecular complexity index is 1040. The van der Waals surface area contributed by atoms with Crippen LogP contribution in [0.2, 0.25) is 0 Å². The molecule has 0 saturated heterocycles. The van der Waals surface area contributed by atoms with Gasteiger partial charge in [-0.1, -0.05) is 65.0 Å². The first-order valence-corrected chi connectivity index (χ1v) is 14.7. The van der Waals surface area contributed by atoms with Gasteiger partial charge in [-0.15, -0.1) is 0 Å². The lowest BCUT2D eigenvalue weighted by molar-refractivity contribution is -0.134. The highest BCUT2D eigenvalue weighted by Gasteiger charge is 2.35. The predicted octanol–water partition coefficient (Wildman–Crippen LogP) is 3.71. The number of aliphatic hydroxyl groups is 1. The zero-order chi connectivity index (χ0) is 32.5. The number of carbonyl (C=O) groups is 4. The molecule has 42 heavy (non-hydrogen) atoms. The first kappa shape index (κ1) is 36.9. The normalized spacial score (nSPS) is 15.2. The van der Waals surface area contributed by atoms with Gasteiger partial charge in [0.1, 0.15) is 11.6 Å². The monoisotopic (exact) mass is 590 g/mol. The average molecular weight is 591 g/mol.